The molecule has 2 amide bonds. The molecule has 0 unspecified atom stereocenters. The van der Waals surface area contributed by atoms with Gasteiger partial charge in [-0.05, 0) is 25.0 Å². The highest BCUT2D eigenvalue weighted by Crippen LogP contribution is 2.22. The van der Waals surface area contributed by atoms with Gasteiger partial charge in [0.2, 0.25) is 0 Å². The van der Waals surface area contributed by atoms with Crippen molar-refractivity contribution in [2.24, 2.45) is 0 Å². The molecule has 0 N–H and O–H groups in total. The van der Waals surface area contributed by atoms with Gasteiger partial charge in [0.25, 0.3) is 11.8 Å². The van der Waals surface area contributed by atoms with Crippen LogP contribution in [-0.2, 0) is 9.47 Å². The fourth-order valence-electron chi connectivity index (χ4n) is 2.16. The summed E-state index contributed by atoms with van der Waals surface area (Å²) in [5.74, 6) is -0.378. The largest absolute Gasteiger partial charge is 0.382 e. The summed E-state index contributed by atoms with van der Waals surface area (Å²) < 4.78 is 10.2. The summed E-state index contributed by atoms with van der Waals surface area (Å²) in [7, 11) is 1.63. The number of carbonyl (C=O) groups excluding carboxylic acids is 2. The second-order valence-corrected chi connectivity index (χ2v) is 4.62. The normalized spacial score (nSPS) is 13.9. The summed E-state index contributed by atoms with van der Waals surface area (Å²) in [6, 6.07) is 6.95. The number of unbranched alkanes of at least 4 members (excludes halogenated alkanes) is 1. The monoisotopic (exact) mass is 277 g/mol. The SMILES string of the molecule is COCCOCCCCN1C(=O)c2ccccc2C1=O. The van der Waals surface area contributed by atoms with E-state index in [9.17, 15) is 9.59 Å². The molecule has 1 aliphatic rings. The maximum Gasteiger partial charge on any atom is 0.261 e. The number of imide groups is 1. The van der Waals surface area contributed by atoms with Crippen molar-refractivity contribution in [1.82, 2.24) is 4.90 Å². The number of methoxy groups -OCH3 is 1. The number of fused-ring (bicyclic) bond motifs is 1. The lowest BCUT2D eigenvalue weighted by atomic mass is 10.1. The van der Waals surface area contributed by atoms with Crippen molar-refractivity contribution >= 4 is 11.8 Å². The van der Waals surface area contributed by atoms with Crippen molar-refractivity contribution in [3.05, 3.63) is 35.4 Å². The highest BCUT2D eigenvalue weighted by molar-refractivity contribution is 6.21. The van der Waals surface area contributed by atoms with Crippen LogP contribution < -0.4 is 0 Å². The minimum Gasteiger partial charge on any atom is -0.382 e. The molecule has 20 heavy (non-hydrogen) atoms. The first-order valence-corrected chi connectivity index (χ1v) is 6.77. The van der Waals surface area contributed by atoms with Gasteiger partial charge >= 0.3 is 0 Å². The van der Waals surface area contributed by atoms with E-state index >= 15 is 0 Å². The standard InChI is InChI=1S/C15H19NO4/c1-19-10-11-20-9-5-4-8-16-14(17)12-6-2-3-7-13(12)15(16)18/h2-3,6-7H,4-5,8-11H2,1H3. The van der Waals surface area contributed by atoms with Gasteiger partial charge in [-0.2, -0.15) is 0 Å². The van der Waals surface area contributed by atoms with E-state index in [2.05, 4.69) is 0 Å². The predicted octanol–water partition coefficient (Wildman–Crippen LogP) is 1.73. The molecule has 1 heterocycles. The molecule has 0 bridgehead atoms. The molecule has 5 nitrogen and oxygen atoms in total. The van der Waals surface area contributed by atoms with E-state index in [0.29, 0.717) is 37.5 Å². The summed E-state index contributed by atoms with van der Waals surface area (Å²) >= 11 is 0. The second kappa shape index (κ2) is 7.17. The number of hydrogen-bond acceptors (Lipinski definition) is 4. The zero-order chi connectivity index (χ0) is 14.4. The van der Waals surface area contributed by atoms with Crippen LogP contribution in [0, 0.1) is 0 Å². The minimum atomic E-state index is -0.189. The van der Waals surface area contributed by atoms with Crippen LogP contribution >= 0.6 is 0 Å². The van der Waals surface area contributed by atoms with E-state index in [4.69, 9.17) is 9.47 Å². The molecule has 1 aliphatic heterocycles. The Bertz CT molecular complexity index is 452. The first kappa shape index (κ1) is 14.7. The van der Waals surface area contributed by atoms with Crippen LogP contribution in [0.25, 0.3) is 0 Å². The number of amides is 2. The van der Waals surface area contributed by atoms with Crippen LogP contribution in [-0.4, -0.2) is 50.2 Å². The molecule has 5 heteroatoms. The fraction of sp³-hybridized carbons (Fsp3) is 0.467. The number of hydrogen-bond donors (Lipinski definition) is 0. The zero-order valence-electron chi connectivity index (χ0n) is 11.6. The Kier molecular flexibility index (Phi) is 5.26. The van der Waals surface area contributed by atoms with Gasteiger partial charge in [0.05, 0.1) is 24.3 Å². The zero-order valence-corrected chi connectivity index (χ0v) is 11.6. The van der Waals surface area contributed by atoms with E-state index in [1.807, 2.05) is 0 Å². The third kappa shape index (κ3) is 3.23. The molecule has 0 spiro atoms. The maximum absolute atomic E-state index is 12.1. The van der Waals surface area contributed by atoms with Crippen molar-refractivity contribution < 1.29 is 19.1 Å². The Morgan fingerprint density at radius 2 is 1.60 bits per heavy atom. The molecule has 1 aromatic carbocycles. The first-order chi connectivity index (χ1) is 9.75. The topological polar surface area (TPSA) is 55.8 Å². The quantitative estimate of drug-likeness (QED) is 0.536. The van der Waals surface area contributed by atoms with E-state index in [1.54, 1.807) is 31.4 Å². The van der Waals surface area contributed by atoms with Gasteiger partial charge in [-0.25, -0.2) is 0 Å². The molecule has 0 saturated carbocycles. The van der Waals surface area contributed by atoms with E-state index < -0.39 is 0 Å². The number of ether oxygens (including phenoxy) is 2. The minimum absolute atomic E-state index is 0.189. The summed E-state index contributed by atoms with van der Waals surface area (Å²) in [6.45, 7) is 2.22. The number of benzene rings is 1. The molecule has 108 valence electrons. The van der Waals surface area contributed by atoms with Gasteiger partial charge in [-0.3, -0.25) is 14.5 Å². The molecule has 0 aliphatic carbocycles. The lowest BCUT2D eigenvalue weighted by Gasteiger charge is -2.13. The van der Waals surface area contributed by atoms with E-state index in [0.717, 1.165) is 12.8 Å². The van der Waals surface area contributed by atoms with Crippen molar-refractivity contribution in [2.45, 2.75) is 12.8 Å². The predicted molar refractivity (Wildman–Crippen MR) is 73.7 cm³/mol. The van der Waals surface area contributed by atoms with Crippen LogP contribution in [0.3, 0.4) is 0 Å². The van der Waals surface area contributed by atoms with Gasteiger partial charge < -0.3 is 9.47 Å². The van der Waals surface area contributed by atoms with Crippen LogP contribution in [0.5, 0.6) is 0 Å². The fourth-order valence-corrected chi connectivity index (χ4v) is 2.16. The third-order valence-electron chi connectivity index (χ3n) is 3.23. The Labute approximate surface area is 118 Å². The van der Waals surface area contributed by atoms with Gasteiger partial charge in [-0.15, -0.1) is 0 Å². The molecule has 0 saturated heterocycles. The van der Waals surface area contributed by atoms with Crippen LogP contribution in [0.15, 0.2) is 24.3 Å². The summed E-state index contributed by atoms with van der Waals surface area (Å²) in [4.78, 5) is 25.5. The van der Waals surface area contributed by atoms with E-state index in [1.165, 1.54) is 4.90 Å². The molecule has 0 aromatic heterocycles. The molecule has 0 fully saturated rings. The maximum atomic E-state index is 12.1. The molecular formula is C15H19NO4. The van der Waals surface area contributed by atoms with Crippen molar-refractivity contribution in [2.75, 3.05) is 33.5 Å². The number of rotatable bonds is 8. The first-order valence-electron chi connectivity index (χ1n) is 6.77. The van der Waals surface area contributed by atoms with E-state index in [-0.39, 0.29) is 11.8 Å². The molecule has 1 aromatic rings. The lowest BCUT2D eigenvalue weighted by Crippen LogP contribution is -2.30. The van der Waals surface area contributed by atoms with Crippen LogP contribution in [0.1, 0.15) is 33.6 Å². The Balaban J connectivity index is 1.75. The number of carbonyl (C=O) groups is 2. The molecule has 0 radical (unpaired) electrons. The van der Waals surface area contributed by atoms with Gasteiger partial charge in [0, 0.05) is 20.3 Å². The van der Waals surface area contributed by atoms with Gasteiger partial charge in [0.15, 0.2) is 0 Å². The molecule has 2 rings (SSSR count). The van der Waals surface area contributed by atoms with Crippen molar-refractivity contribution in [3.8, 4) is 0 Å². The van der Waals surface area contributed by atoms with Gasteiger partial charge in [-0.1, -0.05) is 12.1 Å². The van der Waals surface area contributed by atoms with Crippen molar-refractivity contribution in [3.63, 3.8) is 0 Å². The average Bonchev–Trinajstić information content (AvgIpc) is 2.71. The Morgan fingerprint density at radius 3 is 2.20 bits per heavy atom. The van der Waals surface area contributed by atoms with Crippen molar-refractivity contribution in [1.29, 1.82) is 0 Å². The highest BCUT2D eigenvalue weighted by Gasteiger charge is 2.34. The lowest BCUT2D eigenvalue weighted by molar-refractivity contribution is 0.0606. The Morgan fingerprint density at radius 1 is 0.950 bits per heavy atom. The average molecular weight is 277 g/mol. The third-order valence-corrected chi connectivity index (χ3v) is 3.23. The van der Waals surface area contributed by atoms with Crippen LogP contribution in [0.2, 0.25) is 0 Å². The number of nitrogens with zero attached hydrogens (tertiary/aromatic N) is 1. The Hall–Kier alpha value is -1.72. The second-order valence-electron chi connectivity index (χ2n) is 4.62. The summed E-state index contributed by atoms with van der Waals surface area (Å²) in [6.07, 6.45) is 1.57. The molecule has 0 atom stereocenters. The summed E-state index contributed by atoms with van der Waals surface area (Å²) in [5.41, 5.74) is 1.02. The van der Waals surface area contributed by atoms with Gasteiger partial charge in [0.1, 0.15) is 0 Å². The smallest absolute Gasteiger partial charge is 0.261 e. The van der Waals surface area contributed by atoms with Crippen LogP contribution in [0.4, 0.5) is 0 Å². The molecular weight excluding hydrogens is 258 g/mol. The summed E-state index contributed by atoms with van der Waals surface area (Å²) in [5, 5.41) is 0. The highest BCUT2D eigenvalue weighted by atomic mass is 16.5.